The molecule has 1 unspecified atom stereocenters. The highest BCUT2D eigenvalue weighted by Gasteiger charge is 2.22. The SMILES string of the molecule is CCCCCC(=O)N(O)CNCP(=O)(CC)Oc1ccccc1. The van der Waals surface area contributed by atoms with Crippen LogP contribution in [0.25, 0.3) is 0 Å². The van der Waals surface area contributed by atoms with Gasteiger partial charge in [-0.1, -0.05) is 44.9 Å². The Labute approximate surface area is 138 Å². The summed E-state index contributed by atoms with van der Waals surface area (Å²) in [6.07, 6.45) is 3.52. The number of para-hydroxylation sites is 1. The molecule has 1 aromatic carbocycles. The normalized spacial score (nSPS) is 13.3. The number of unbranched alkanes of at least 4 members (excludes halogenated alkanes) is 2. The van der Waals surface area contributed by atoms with Gasteiger partial charge in [-0.2, -0.15) is 0 Å². The van der Waals surface area contributed by atoms with E-state index in [9.17, 15) is 14.6 Å². The second kappa shape index (κ2) is 10.4. The first kappa shape index (κ1) is 19.7. The summed E-state index contributed by atoms with van der Waals surface area (Å²) in [6, 6.07) is 8.98. The molecule has 0 heterocycles. The van der Waals surface area contributed by atoms with E-state index in [1.54, 1.807) is 19.1 Å². The minimum atomic E-state index is -2.89. The van der Waals surface area contributed by atoms with E-state index in [0.717, 1.165) is 19.3 Å². The van der Waals surface area contributed by atoms with Gasteiger partial charge in [0, 0.05) is 12.6 Å². The summed E-state index contributed by atoms with van der Waals surface area (Å²) in [4.78, 5) is 11.7. The highest BCUT2D eigenvalue weighted by molar-refractivity contribution is 7.59. The minimum absolute atomic E-state index is 0.0624. The number of hydroxylamine groups is 2. The van der Waals surface area contributed by atoms with E-state index in [1.807, 2.05) is 18.2 Å². The molecule has 0 aliphatic carbocycles. The summed E-state index contributed by atoms with van der Waals surface area (Å²) in [5.41, 5.74) is 0. The van der Waals surface area contributed by atoms with Gasteiger partial charge in [0.15, 0.2) is 0 Å². The molecule has 0 aromatic heterocycles. The third kappa shape index (κ3) is 7.64. The van der Waals surface area contributed by atoms with E-state index < -0.39 is 7.37 Å². The van der Waals surface area contributed by atoms with E-state index in [4.69, 9.17) is 4.52 Å². The van der Waals surface area contributed by atoms with Crippen molar-refractivity contribution in [3.63, 3.8) is 0 Å². The number of nitrogens with one attached hydrogen (secondary N) is 1. The van der Waals surface area contributed by atoms with Crippen molar-refractivity contribution in [2.75, 3.05) is 19.1 Å². The fourth-order valence-corrected chi connectivity index (χ4v) is 3.32. The van der Waals surface area contributed by atoms with Gasteiger partial charge in [0.05, 0.1) is 13.0 Å². The Morgan fingerprint density at radius 1 is 1.26 bits per heavy atom. The maximum absolute atomic E-state index is 12.6. The quantitative estimate of drug-likeness (QED) is 0.211. The average molecular weight is 342 g/mol. The zero-order valence-electron chi connectivity index (χ0n) is 13.9. The van der Waals surface area contributed by atoms with E-state index >= 15 is 0 Å². The Kier molecular flexibility index (Phi) is 8.92. The number of carbonyl (C=O) groups excluding carboxylic acids is 1. The molecule has 0 aliphatic heterocycles. The molecule has 0 spiro atoms. The van der Waals surface area contributed by atoms with E-state index in [-0.39, 0.29) is 18.9 Å². The number of hydrogen-bond donors (Lipinski definition) is 2. The summed E-state index contributed by atoms with van der Waals surface area (Å²) in [5, 5.41) is 13.1. The van der Waals surface area contributed by atoms with Crippen LogP contribution in [0, 0.1) is 0 Å². The summed E-state index contributed by atoms with van der Waals surface area (Å²) < 4.78 is 18.2. The van der Waals surface area contributed by atoms with E-state index in [0.29, 0.717) is 23.4 Å². The third-order valence-electron chi connectivity index (χ3n) is 3.39. The smallest absolute Gasteiger partial charge is 0.261 e. The zero-order chi connectivity index (χ0) is 17.1. The van der Waals surface area contributed by atoms with Gasteiger partial charge in [-0.05, 0) is 18.6 Å². The molecule has 0 radical (unpaired) electrons. The molecule has 7 heteroatoms. The predicted octanol–water partition coefficient (Wildman–Crippen LogP) is 3.67. The standard InChI is InChI=1S/C16H27N2O4P/c1-3-5-7-12-16(19)18(20)13-17-14-23(21,4-2)22-15-10-8-6-9-11-15/h6,8-11,17,20H,3-5,7,12-14H2,1-2H3. The molecule has 0 fully saturated rings. The summed E-state index contributed by atoms with van der Waals surface area (Å²) in [7, 11) is -2.89. The first-order valence-corrected chi connectivity index (χ1v) is 10.0. The topological polar surface area (TPSA) is 78.9 Å². The van der Waals surface area contributed by atoms with Crippen molar-refractivity contribution in [3.8, 4) is 5.75 Å². The largest absolute Gasteiger partial charge is 0.442 e. The van der Waals surface area contributed by atoms with Crippen molar-refractivity contribution < 1.29 is 19.1 Å². The highest BCUT2D eigenvalue weighted by Crippen LogP contribution is 2.45. The van der Waals surface area contributed by atoms with Crippen LogP contribution in [-0.2, 0) is 9.36 Å². The number of rotatable bonds is 11. The fraction of sp³-hybridized carbons (Fsp3) is 0.562. The fourth-order valence-electron chi connectivity index (χ4n) is 1.95. The lowest BCUT2D eigenvalue weighted by atomic mass is 10.2. The van der Waals surface area contributed by atoms with Crippen molar-refractivity contribution >= 4 is 13.3 Å². The first-order chi connectivity index (χ1) is 11.0. The van der Waals surface area contributed by atoms with Crippen LogP contribution in [0.2, 0.25) is 0 Å². The van der Waals surface area contributed by atoms with Crippen molar-refractivity contribution in [1.29, 1.82) is 0 Å². The molecule has 1 amide bonds. The molecule has 23 heavy (non-hydrogen) atoms. The number of hydrogen-bond acceptors (Lipinski definition) is 5. The lowest BCUT2D eigenvalue weighted by Crippen LogP contribution is -2.37. The maximum Gasteiger partial charge on any atom is 0.261 e. The van der Waals surface area contributed by atoms with Gasteiger partial charge >= 0.3 is 0 Å². The van der Waals surface area contributed by atoms with Crippen LogP contribution in [0.15, 0.2) is 30.3 Å². The second-order valence-electron chi connectivity index (χ2n) is 5.35. The van der Waals surface area contributed by atoms with Crippen molar-refractivity contribution in [1.82, 2.24) is 10.4 Å². The van der Waals surface area contributed by atoms with Crippen molar-refractivity contribution in [3.05, 3.63) is 30.3 Å². The maximum atomic E-state index is 12.6. The Morgan fingerprint density at radius 2 is 1.96 bits per heavy atom. The molecular formula is C16H27N2O4P. The van der Waals surface area contributed by atoms with Gasteiger partial charge in [0.1, 0.15) is 5.75 Å². The predicted molar refractivity (Wildman–Crippen MR) is 90.9 cm³/mol. The molecule has 6 nitrogen and oxygen atoms in total. The van der Waals surface area contributed by atoms with Crippen molar-refractivity contribution in [2.24, 2.45) is 0 Å². The van der Waals surface area contributed by atoms with Crippen LogP contribution >= 0.6 is 7.37 Å². The molecule has 2 N–H and O–H groups in total. The second-order valence-corrected chi connectivity index (χ2v) is 8.11. The van der Waals surface area contributed by atoms with Gasteiger partial charge in [-0.25, -0.2) is 5.06 Å². The van der Waals surface area contributed by atoms with Gasteiger partial charge in [0.2, 0.25) is 5.91 Å². The number of nitrogens with zero attached hydrogens (tertiary/aromatic N) is 1. The first-order valence-electron chi connectivity index (χ1n) is 8.03. The minimum Gasteiger partial charge on any atom is -0.442 e. The monoisotopic (exact) mass is 342 g/mol. The van der Waals surface area contributed by atoms with Crippen LogP contribution in [0.3, 0.4) is 0 Å². The summed E-state index contributed by atoms with van der Waals surface area (Å²) in [6.45, 7) is 3.78. The van der Waals surface area contributed by atoms with E-state index in [2.05, 4.69) is 12.2 Å². The Hall–Kier alpha value is -1.36. The molecule has 1 rings (SSSR count). The van der Waals surface area contributed by atoms with Crippen LogP contribution in [0.5, 0.6) is 5.75 Å². The summed E-state index contributed by atoms with van der Waals surface area (Å²) >= 11 is 0. The van der Waals surface area contributed by atoms with Crippen LogP contribution in [-0.4, -0.2) is 35.3 Å². The highest BCUT2D eigenvalue weighted by atomic mass is 31.2. The Bertz CT molecular complexity index is 510. The van der Waals surface area contributed by atoms with Gasteiger partial charge in [-0.3, -0.25) is 19.9 Å². The van der Waals surface area contributed by atoms with Crippen LogP contribution in [0.1, 0.15) is 39.5 Å². The third-order valence-corrected chi connectivity index (χ3v) is 5.61. The Balaban J connectivity index is 2.39. The molecule has 1 aromatic rings. The average Bonchev–Trinajstić information content (AvgIpc) is 2.55. The van der Waals surface area contributed by atoms with Gasteiger partial charge in [0.25, 0.3) is 7.37 Å². The van der Waals surface area contributed by atoms with Gasteiger partial charge < -0.3 is 4.52 Å². The van der Waals surface area contributed by atoms with Gasteiger partial charge in [-0.15, -0.1) is 0 Å². The van der Waals surface area contributed by atoms with Crippen molar-refractivity contribution in [2.45, 2.75) is 39.5 Å². The molecule has 0 bridgehead atoms. The molecule has 1 atom stereocenters. The van der Waals surface area contributed by atoms with Crippen LogP contribution < -0.4 is 9.84 Å². The number of amides is 1. The lowest BCUT2D eigenvalue weighted by molar-refractivity contribution is -0.166. The summed E-state index contributed by atoms with van der Waals surface area (Å²) in [5.74, 6) is 0.220. The molecule has 0 aliphatic rings. The molecule has 130 valence electrons. The zero-order valence-corrected chi connectivity index (χ0v) is 14.8. The van der Waals surface area contributed by atoms with Crippen LogP contribution in [0.4, 0.5) is 0 Å². The number of carbonyl (C=O) groups is 1. The molecular weight excluding hydrogens is 315 g/mol. The Morgan fingerprint density at radius 3 is 2.57 bits per heavy atom. The molecule has 0 saturated carbocycles. The molecule has 0 saturated heterocycles. The number of benzene rings is 1. The van der Waals surface area contributed by atoms with E-state index in [1.165, 1.54) is 0 Å². The lowest BCUT2D eigenvalue weighted by Gasteiger charge is -2.21.